The molecule has 0 bridgehead atoms. The first kappa shape index (κ1) is 17.1. The van der Waals surface area contributed by atoms with E-state index < -0.39 is 0 Å². The van der Waals surface area contributed by atoms with Gasteiger partial charge in [-0.3, -0.25) is 4.79 Å². The van der Waals surface area contributed by atoms with Crippen molar-refractivity contribution < 1.29 is 19.0 Å². The highest BCUT2D eigenvalue weighted by molar-refractivity contribution is 5.95. The van der Waals surface area contributed by atoms with E-state index in [-0.39, 0.29) is 17.6 Å². The molecule has 132 valence electrons. The Morgan fingerprint density at radius 2 is 1.84 bits per heavy atom. The quantitative estimate of drug-likeness (QED) is 0.920. The lowest BCUT2D eigenvalue weighted by Gasteiger charge is -2.37. The lowest BCUT2D eigenvalue weighted by molar-refractivity contribution is 0.0619. The van der Waals surface area contributed by atoms with Crippen LogP contribution in [0.15, 0.2) is 42.5 Å². The fourth-order valence-electron chi connectivity index (χ4n) is 3.15. The number of benzene rings is 2. The van der Waals surface area contributed by atoms with Crippen molar-refractivity contribution in [1.82, 2.24) is 5.32 Å². The number of carbonyl (C=O) groups is 1. The van der Waals surface area contributed by atoms with Crippen molar-refractivity contribution in [2.24, 2.45) is 0 Å². The van der Waals surface area contributed by atoms with E-state index in [2.05, 4.69) is 5.32 Å². The SMILES string of the molecule is COc1ccc(C(=O)N[C@@H]2CC(C)(C)Oc3ccccc32)cc1OC. The first-order valence-corrected chi connectivity index (χ1v) is 8.24. The number of rotatable bonds is 4. The van der Waals surface area contributed by atoms with Crippen LogP contribution in [0, 0.1) is 0 Å². The average Bonchev–Trinajstić information content (AvgIpc) is 2.60. The van der Waals surface area contributed by atoms with Gasteiger partial charge in [0.05, 0.1) is 20.3 Å². The summed E-state index contributed by atoms with van der Waals surface area (Å²) in [5.74, 6) is 1.79. The minimum absolute atomic E-state index is 0.111. The first-order valence-electron chi connectivity index (χ1n) is 8.24. The van der Waals surface area contributed by atoms with Gasteiger partial charge in [-0.25, -0.2) is 0 Å². The molecule has 0 aliphatic carbocycles. The van der Waals surface area contributed by atoms with Gasteiger partial charge < -0.3 is 19.5 Å². The lowest BCUT2D eigenvalue weighted by Crippen LogP contribution is -2.41. The van der Waals surface area contributed by atoms with Gasteiger partial charge in [0.2, 0.25) is 0 Å². The molecule has 5 heteroatoms. The summed E-state index contributed by atoms with van der Waals surface area (Å²) in [4.78, 5) is 12.8. The smallest absolute Gasteiger partial charge is 0.251 e. The number of carbonyl (C=O) groups excluding carboxylic acids is 1. The average molecular weight is 341 g/mol. The highest BCUT2D eigenvalue weighted by Crippen LogP contribution is 2.39. The largest absolute Gasteiger partial charge is 0.493 e. The number of ether oxygens (including phenoxy) is 3. The minimum Gasteiger partial charge on any atom is -0.493 e. The van der Waals surface area contributed by atoms with Crippen LogP contribution >= 0.6 is 0 Å². The Bertz CT molecular complexity index is 785. The molecule has 0 saturated heterocycles. The van der Waals surface area contributed by atoms with E-state index >= 15 is 0 Å². The molecule has 2 aromatic carbocycles. The van der Waals surface area contributed by atoms with Crippen molar-refractivity contribution in [2.75, 3.05) is 14.2 Å². The third-order valence-electron chi connectivity index (χ3n) is 4.33. The highest BCUT2D eigenvalue weighted by Gasteiger charge is 2.34. The van der Waals surface area contributed by atoms with Gasteiger partial charge in [0.25, 0.3) is 5.91 Å². The van der Waals surface area contributed by atoms with Crippen LogP contribution in [0.1, 0.15) is 42.2 Å². The zero-order chi connectivity index (χ0) is 18.0. The number of fused-ring (bicyclic) bond motifs is 1. The molecule has 0 unspecified atom stereocenters. The van der Waals surface area contributed by atoms with Gasteiger partial charge in [-0.2, -0.15) is 0 Å². The predicted molar refractivity (Wildman–Crippen MR) is 95.5 cm³/mol. The van der Waals surface area contributed by atoms with Crippen LogP contribution in [0.4, 0.5) is 0 Å². The molecule has 0 fully saturated rings. The van der Waals surface area contributed by atoms with Gasteiger partial charge in [0, 0.05) is 17.5 Å². The Balaban J connectivity index is 1.86. The summed E-state index contributed by atoms with van der Waals surface area (Å²) in [7, 11) is 3.12. The van der Waals surface area contributed by atoms with Gasteiger partial charge in [0.1, 0.15) is 11.4 Å². The standard InChI is InChI=1S/C20H23NO4/c1-20(2)12-15(14-7-5-6-8-16(14)25-20)21-19(22)13-9-10-17(23-3)18(11-13)24-4/h5-11,15H,12H2,1-4H3,(H,21,22)/t15-/m1/s1. The van der Waals surface area contributed by atoms with Crippen molar-refractivity contribution >= 4 is 5.91 Å². The van der Waals surface area contributed by atoms with Crippen molar-refractivity contribution in [1.29, 1.82) is 0 Å². The summed E-state index contributed by atoms with van der Waals surface area (Å²) >= 11 is 0. The van der Waals surface area contributed by atoms with Gasteiger partial charge in [-0.05, 0) is 38.1 Å². The van der Waals surface area contributed by atoms with Gasteiger partial charge in [0.15, 0.2) is 11.5 Å². The molecule has 1 aliphatic rings. The molecule has 1 aliphatic heterocycles. The van der Waals surface area contributed by atoms with Crippen molar-refractivity contribution in [3.05, 3.63) is 53.6 Å². The van der Waals surface area contributed by atoms with Gasteiger partial charge in [-0.15, -0.1) is 0 Å². The van der Waals surface area contributed by atoms with Crippen molar-refractivity contribution in [3.8, 4) is 17.2 Å². The number of para-hydroxylation sites is 1. The molecule has 0 saturated carbocycles. The lowest BCUT2D eigenvalue weighted by atomic mass is 9.89. The fourth-order valence-corrected chi connectivity index (χ4v) is 3.15. The normalized spacial score (nSPS) is 17.8. The van der Waals surface area contributed by atoms with E-state index in [1.165, 1.54) is 0 Å². The van der Waals surface area contributed by atoms with Crippen LogP contribution in [-0.4, -0.2) is 25.7 Å². The summed E-state index contributed by atoms with van der Waals surface area (Å²) < 4.78 is 16.5. The zero-order valence-corrected chi connectivity index (χ0v) is 15.0. The maximum absolute atomic E-state index is 12.8. The van der Waals surface area contributed by atoms with Crippen molar-refractivity contribution in [2.45, 2.75) is 31.9 Å². The second-order valence-corrected chi connectivity index (χ2v) is 6.70. The minimum atomic E-state index is -0.343. The van der Waals surface area contributed by atoms with Crippen LogP contribution in [0.2, 0.25) is 0 Å². The van der Waals surface area contributed by atoms with Gasteiger partial charge >= 0.3 is 0 Å². The number of methoxy groups -OCH3 is 2. The van der Waals surface area contributed by atoms with Gasteiger partial charge in [-0.1, -0.05) is 18.2 Å². The number of amides is 1. The van der Waals surface area contributed by atoms with E-state index in [4.69, 9.17) is 14.2 Å². The third kappa shape index (κ3) is 3.55. The Hall–Kier alpha value is -2.69. The van der Waals surface area contributed by atoms with Crippen LogP contribution in [0.3, 0.4) is 0 Å². The van der Waals surface area contributed by atoms with Crippen molar-refractivity contribution in [3.63, 3.8) is 0 Å². The topological polar surface area (TPSA) is 56.8 Å². The summed E-state index contributed by atoms with van der Waals surface area (Å²) in [6, 6.07) is 12.9. The van der Waals surface area contributed by atoms with E-state index in [9.17, 15) is 4.79 Å². The van der Waals surface area contributed by atoms with E-state index in [0.29, 0.717) is 23.5 Å². The Morgan fingerprint density at radius 1 is 1.12 bits per heavy atom. The molecule has 1 atom stereocenters. The monoisotopic (exact) mass is 341 g/mol. The van der Waals surface area contributed by atoms with E-state index in [1.807, 2.05) is 38.1 Å². The second kappa shape index (κ2) is 6.67. The maximum atomic E-state index is 12.8. The second-order valence-electron chi connectivity index (χ2n) is 6.70. The Morgan fingerprint density at radius 3 is 2.56 bits per heavy atom. The highest BCUT2D eigenvalue weighted by atomic mass is 16.5. The molecule has 1 N–H and O–H groups in total. The molecule has 1 heterocycles. The number of nitrogens with one attached hydrogen (secondary N) is 1. The van der Waals surface area contributed by atoms with Crippen LogP contribution in [-0.2, 0) is 0 Å². The molecule has 25 heavy (non-hydrogen) atoms. The molecule has 5 nitrogen and oxygen atoms in total. The summed E-state index contributed by atoms with van der Waals surface area (Å²) in [6.07, 6.45) is 0.697. The van der Waals surface area contributed by atoms with Crippen LogP contribution in [0.25, 0.3) is 0 Å². The Labute approximate surface area is 147 Å². The van der Waals surface area contributed by atoms with Crippen LogP contribution < -0.4 is 19.5 Å². The summed E-state index contributed by atoms with van der Waals surface area (Å²) in [5, 5.41) is 3.12. The molecule has 1 amide bonds. The molecular weight excluding hydrogens is 318 g/mol. The zero-order valence-electron chi connectivity index (χ0n) is 15.0. The first-order chi connectivity index (χ1) is 11.9. The molecule has 3 rings (SSSR count). The molecule has 0 spiro atoms. The maximum Gasteiger partial charge on any atom is 0.251 e. The molecule has 2 aromatic rings. The third-order valence-corrected chi connectivity index (χ3v) is 4.33. The summed E-state index contributed by atoms with van der Waals surface area (Å²) in [5.41, 5.74) is 1.18. The Kier molecular flexibility index (Phi) is 4.57. The number of hydrogen-bond acceptors (Lipinski definition) is 4. The molecule has 0 radical (unpaired) electrons. The predicted octanol–water partition coefficient (Wildman–Crippen LogP) is 3.74. The van der Waals surface area contributed by atoms with E-state index in [1.54, 1.807) is 32.4 Å². The number of hydrogen-bond donors (Lipinski definition) is 1. The van der Waals surface area contributed by atoms with E-state index in [0.717, 1.165) is 11.3 Å². The molecular formula is C20H23NO4. The molecule has 0 aromatic heterocycles. The summed E-state index contributed by atoms with van der Waals surface area (Å²) in [6.45, 7) is 4.05. The fraction of sp³-hybridized carbons (Fsp3) is 0.350. The van der Waals surface area contributed by atoms with Crippen LogP contribution in [0.5, 0.6) is 17.2 Å².